The highest BCUT2D eigenvalue weighted by molar-refractivity contribution is 5.93. The predicted molar refractivity (Wildman–Crippen MR) is 110 cm³/mol. The van der Waals surface area contributed by atoms with E-state index >= 15 is 0 Å². The number of fused-ring (bicyclic) bond motifs is 1. The largest absolute Gasteiger partial charge is 0.493 e. The first kappa shape index (κ1) is 22.1. The summed E-state index contributed by atoms with van der Waals surface area (Å²) in [7, 11) is 1.40. The van der Waals surface area contributed by atoms with Gasteiger partial charge in [-0.15, -0.1) is 0 Å². The lowest BCUT2D eigenvalue weighted by atomic mass is 10.0. The Morgan fingerprint density at radius 1 is 1.24 bits per heavy atom. The van der Waals surface area contributed by atoms with Gasteiger partial charge in [-0.1, -0.05) is 18.2 Å². The van der Waals surface area contributed by atoms with E-state index in [4.69, 9.17) is 9.47 Å². The Labute approximate surface area is 185 Å². The Kier molecular flexibility index (Phi) is 5.90. The van der Waals surface area contributed by atoms with Crippen molar-refractivity contribution in [3.63, 3.8) is 0 Å². The SMILES string of the molecule is COc1cc(C2CC(=O)Nc3ncnn32)ccc1OCC(=O)Nc1ccccc1C(F)(F)F. The summed E-state index contributed by atoms with van der Waals surface area (Å²) in [6, 6.07) is 9.12. The van der Waals surface area contributed by atoms with Gasteiger partial charge in [-0.25, -0.2) is 4.68 Å². The first-order valence-corrected chi connectivity index (χ1v) is 9.72. The van der Waals surface area contributed by atoms with Crippen molar-refractivity contribution in [2.45, 2.75) is 18.6 Å². The van der Waals surface area contributed by atoms with Gasteiger partial charge in [-0.3, -0.25) is 14.9 Å². The second-order valence-electron chi connectivity index (χ2n) is 7.09. The number of amides is 2. The number of benzene rings is 2. The van der Waals surface area contributed by atoms with Crippen molar-refractivity contribution in [2.24, 2.45) is 0 Å². The molecule has 3 aromatic rings. The van der Waals surface area contributed by atoms with Gasteiger partial charge in [-0.05, 0) is 29.8 Å². The zero-order chi connectivity index (χ0) is 23.6. The van der Waals surface area contributed by atoms with Crippen molar-refractivity contribution in [1.29, 1.82) is 0 Å². The van der Waals surface area contributed by atoms with Crippen LogP contribution in [0.1, 0.15) is 23.6 Å². The van der Waals surface area contributed by atoms with Crippen LogP contribution in [-0.4, -0.2) is 40.3 Å². The standard InChI is InChI=1S/C21H18F3N5O4/c1-32-17-8-12(15-9-18(30)28-20-25-11-26-29(15)20)6-7-16(17)33-10-19(31)27-14-5-3-2-4-13(14)21(22,23)24/h2-8,11,15H,9-10H2,1H3,(H,27,31)(H,25,26,28,30). The molecule has 4 rings (SSSR count). The number of para-hydroxylation sites is 1. The summed E-state index contributed by atoms with van der Waals surface area (Å²) in [6.07, 6.45) is -3.14. The maximum atomic E-state index is 13.1. The fourth-order valence-corrected chi connectivity index (χ4v) is 3.44. The smallest absolute Gasteiger partial charge is 0.418 e. The maximum Gasteiger partial charge on any atom is 0.418 e. The molecule has 0 fully saturated rings. The zero-order valence-electron chi connectivity index (χ0n) is 17.2. The molecule has 172 valence electrons. The Bertz CT molecular complexity index is 1190. The highest BCUT2D eigenvalue weighted by Gasteiger charge is 2.33. The van der Waals surface area contributed by atoms with Gasteiger partial charge in [0.05, 0.1) is 30.8 Å². The number of carbonyl (C=O) groups excluding carboxylic acids is 2. The molecule has 1 aliphatic heterocycles. The molecule has 0 saturated heterocycles. The highest BCUT2D eigenvalue weighted by Crippen LogP contribution is 2.36. The Hall–Kier alpha value is -4.09. The molecule has 2 amide bonds. The van der Waals surface area contributed by atoms with Crippen LogP contribution in [0.5, 0.6) is 11.5 Å². The number of nitrogens with zero attached hydrogens (tertiary/aromatic N) is 3. The Morgan fingerprint density at radius 3 is 2.79 bits per heavy atom. The second kappa shape index (κ2) is 8.81. The van der Waals surface area contributed by atoms with E-state index < -0.39 is 30.3 Å². The molecule has 2 N–H and O–H groups in total. The number of aromatic nitrogens is 3. The van der Waals surface area contributed by atoms with Gasteiger partial charge in [0.1, 0.15) is 6.33 Å². The van der Waals surface area contributed by atoms with Crippen LogP contribution in [0.15, 0.2) is 48.8 Å². The molecule has 1 unspecified atom stereocenters. The van der Waals surface area contributed by atoms with Crippen molar-refractivity contribution in [1.82, 2.24) is 14.8 Å². The van der Waals surface area contributed by atoms with Crippen LogP contribution in [0.25, 0.3) is 0 Å². The number of ether oxygens (including phenoxy) is 2. The monoisotopic (exact) mass is 461 g/mol. The van der Waals surface area contributed by atoms with Crippen molar-refractivity contribution in [2.75, 3.05) is 24.4 Å². The molecule has 0 bridgehead atoms. The van der Waals surface area contributed by atoms with E-state index in [0.717, 1.165) is 12.1 Å². The first-order chi connectivity index (χ1) is 15.8. The number of hydrogen-bond donors (Lipinski definition) is 2. The van der Waals surface area contributed by atoms with Crippen LogP contribution < -0.4 is 20.1 Å². The van der Waals surface area contributed by atoms with E-state index in [1.165, 1.54) is 25.6 Å². The third kappa shape index (κ3) is 4.73. The van der Waals surface area contributed by atoms with Crippen molar-refractivity contribution in [3.05, 3.63) is 59.9 Å². The summed E-state index contributed by atoms with van der Waals surface area (Å²) < 4.78 is 51.7. The zero-order valence-corrected chi connectivity index (χ0v) is 17.2. The van der Waals surface area contributed by atoms with Gasteiger partial charge in [0.25, 0.3) is 5.91 Å². The summed E-state index contributed by atoms with van der Waals surface area (Å²) in [5.74, 6) is -0.167. The van der Waals surface area contributed by atoms with Crippen LogP contribution in [0.3, 0.4) is 0 Å². The molecular formula is C21H18F3N5O4. The summed E-state index contributed by atoms with van der Waals surface area (Å²) >= 11 is 0. The minimum atomic E-state index is -4.61. The number of carbonyl (C=O) groups is 2. The van der Waals surface area contributed by atoms with Crippen molar-refractivity contribution in [3.8, 4) is 11.5 Å². The Morgan fingerprint density at radius 2 is 2.03 bits per heavy atom. The van der Waals surface area contributed by atoms with Gasteiger partial charge in [0.2, 0.25) is 11.9 Å². The molecule has 33 heavy (non-hydrogen) atoms. The summed E-state index contributed by atoms with van der Waals surface area (Å²) in [4.78, 5) is 28.2. The van der Waals surface area contributed by atoms with E-state index in [9.17, 15) is 22.8 Å². The van der Waals surface area contributed by atoms with Crippen molar-refractivity contribution < 1.29 is 32.2 Å². The van der Waals surface area contributed by atoms with E-state index in [0.29, 0.717) is 11.5 Å². The number of anilines is 2. The molecule has 2 aromatic carbocycles. The van der Waals surface area contributed by atoms with Gasteiger partial charge in [0, 0.05) is 0 Å². The summed E-state index contributed by atoms with van der Waals surface area (Å²) in [6.45, 7) is -0.541. The van der Waals surface area contributed by atoms with Gasteiger partial charge < -0.3 is 14.8 Å². The minimum absolute atomic E-state index is 0.140. The molecule has 0 saturated carbocycles. The average molecular weight is 461 g/mol. The molecular weight excluding hydrogens is 443 g/mol. The van der Waals surface area contributed by atoms with Gasteiger partial charge in [-0.2, -0.15) is 23.3 Å². The minimum Gasteiger partial charge on any atom is -0.493 e. The van der Waals surface area contributed by atoms with E-state index in [1.807, 2.05) is 0 Å². The normalized spacial score (nSPS) is 15.4. The van der Waals surface area contributed by atoms with Crippen molar-refractivity contribution >= 4 is 23.5 Å². The molecule has 12 heteroatoms. The number of hydrogen-bond acceptors (Lipinski definition) is 6. The number of halogens is 3. The fourth-order valence-electron chi connectivity index (χ4n) is 3.44. The van der Waals surface area contributed by atoms with Crippen LogP contribution in [-0.2, 0) is 15.8 Å². The molecule has 1 atom stereocenters. The lowest BCUT2D eigenvalue weighted by Gasteiger charge is -2.24. The van der Waals surface area contributed by atoms with Crippen LogP contribution >= 0.6 is 0 Å². The lowest BCUT2D eigenvalue weighted by Crippen LogP contribution is -2.29. The fraction of sp³-hybridized carbons (Fsp3) is 0.238. The Balaban J connectivity index is 1.47. The third-order valence-electron chi connectivity index (χ3n) is 4.94. The van der Waals surface area contributed by atoms with Crippen LogP contribution in [0.4, 0.5) is 24.8 Å². The van der Waals surface area contributed by atoms with Crippen LogP contribution in [0.2, 0.25) is 0 Å². The first-order valence-electron chi connectivity index (χ1n) is 9.72. The number of rotatable bonds is 6. The van der Waals surface area contributed by atoms with E-state index in [2.05, 4.69) is 20.7 Å². The third-order valence-corrected chi connectivity index (χ3v) is 4.94. The number of methoxy groups -OCH3 is 1. The molecule has 0 radical (unpaired) electrons. The van der Waals surface area contributed by atoms with Gasteiger partial charge in [0.15, 0.2) is 18.1 Å². The topological polar surface area (TPSA) is 107 Å². The molecule has 2 heterocycles. The van der Waals surface area contributed by atoms with E-state index in [-0.39, 0.29) is 29.5 Å². The number of alkyl halides is 3. The molecule has 1 aliphatic rings. The number of nitrogens with one attached hydrogen (secondary N) is 2. The molecule has 1 aromatic heterocycles. The van der Waals surface area contributed by atoms with Gasteiger partial charge >= 0.3 is 6.18 Å². The summed E-state index contributed by atoms with van der Waals surface area (Å²) in [5, 5.41) is 8.97. The van der Waals surface area contributed by atoms with E-state index in [1.54, 1.807) is 22.9 Å². The lowest BCUT2D eigenvalue weighted by molar-refractivity contribution is -0.137. The molecule has 0 aliphatic carbocycles. The maximum absolute atomic E-state index is 13.1. The highest BCUT2D eigenvalue weighted by atomic mass is 19.4. The quantitative estimate of drug-likeness (QED) is 0.584. The molecule has 9 nitrogen and oxygen atoms in total. The summed E-state index contributed by atoms with van der Waals surface area (Å²) in [5.41, 5.74) is -0.617. The predicted octanol–water partition coefficient (Wildman–Crippen LogP) is 3.25. The average Bonchev–Trinajstić information content (AvgIpc) is 3.25. The molecule has 0 spiro atoms. The second-order valence-corrected chi connectivity index (χ2v) is 7.09. The van der Waals surface area contributed by atoms with Crippen LogP contribution in [0, 0.1) is 0 Å².